The van der Waals surface area contributed by atoms with Gasteiger partial charge in [0, 0.05) is 18.9 Å². The zero-order valence-electron chi connectivity index (χ0n) is 11.0. The largest absolute Gasteiger partial charge is 0.330 e. The maximum Gasteiger partial charge on any atom is 0.259 e. The van der Waals surface area contributed by atoms with Gasteiger partial charge in [0.15, 0.2) is 0 Å². The van der Waals surface area contributed by atoms with Gasteiger partial charge < -0.3 is 10.6 Å². The normalized spacial score (nSPS) is 10.3. The van der Waals surface area contributed by atoms with Gasteiger partial charge in [-0.05, 0) is 37.2 Å². The lowest BCUT2D eigenvalue weighted by Gasteiger charge is -2.23. The molecule has 1 heterocycles. The molecule has 0 bridgehead atoms. The summed E-state index contributed by atoms with van der Waals surface area (Å²) in [6.07, 6.45) is 3.66. The standard InChI is InChI=1S/C15H16FN3O/c16-13-6-1-2-7-14(13)19(10-4-8-17)15(20)12-5-3-9-18-11-12/h1-3,5-7,9,11H,4,8,10,17H2. The van der Waals surface area contributed by atoms with E-state index in [0.717, 1.165) is 0 Å². The average molecular weight is 273 g/mol. The molecule has 20 heavy (non-hydrogen) atoms. The molecule has 4 nitrogen and oxygen atoms in total. The molecule has 0 aliphatic carbocycles. The Kier molecular flexibility index (Phi) is 4.79. The first-order chi connectivity index (χ1) is 9.74. The van der Waals surface area contributed by atoms with E-state index in [-0.39, 0.29) is 11.6 Å². The van der Waals surface area contributed by atoms with Gasteiger partial charge in [0.05, 0.1) is 11.3 Å². The van der Waals surface area contributed by atoms with Crippen molar-refractivity contribution in [2.24, 2.45) is 5.73 Å². The van der Waals surface area contributed by atoms with Crippen LogP contribution in [0.25, 0.3) is 0 Å². The van der Waals surface area contributed by atoms with E-state index in [4.69, 9.17) is 5.73 Å². The average Bonchev–Trinajstić information content (AvgIpc) is 2.50. The van der Waals surface area contributed by atoms with E-state index in [1.54, 1.807) is 36.5 Å². The van der Waals surface area contributed by atoms with Crippen molar-refractivity contribution >= 4 is 11.6 Å². The topological polar surface area (TPSA) is 59.2 Å². The summed E-state index contributed by atoms with van der Waals surface area (Å²) in [5.74, 6) is -0.710. The van der Waals surface area contributed by atoms with Crippen LogP contribution in [-0.4, -0.2) is 24.0 Å². The summed E-state index contributed by atoms with van der Waals surface area (Å²) in [5, 5.41) is 0. The molecule has 2 aromatic rings. The van der Waals surface area contributed by atoms with E-state index < -0.39 is 5.82 Å². The van der Waals surface area contributed by atoms with E-state index >= 15 is 0 Å². The number of nitrogens with two attached hydrogens (primary N) is 1. The predicted molar refractivity (Wildman–Crippen MR) is 76.0 cm³/mol. The Bertz CT molecular complexity index is 574. The highest BCUT2D eigenvalue weighted by Crippen LogP contribution is 2.21. The van der Waals surface area contributed by atoms with Crippen molar-refractivity contribution in [3.05, 3.63) is 60.2 Å². The molecule has 0 saturated carbocycles. The zero-order chi connectivity index (χ0) is 14.4. The van der Waals surface area contributed by atoms with Crippen molar-refractivity contribution in [3.63, 3.8) is 0 Å². The molecule has 0 aliphatic rings. The van der Waals surface area contributed by atoms with Crippen LogP contribution in [0.5, 0.6) is 0 Å². The molecule has 0 spiro atoms. The number of carbonyl (C=O) groups is 1. The first-order valence-corrected chi connectivity index (χ1v) is 6.40. The third kappa shape index (κ3) is 3.19. The van der Waals surface area contributed by atoms with Gasteiger partial charge in [-0.3, -0.25) is 9.78 Å². The summed E-state index contributed by atoms with van der Waals surface area (Å²) in [4.78, 5) is 17.8. The lowest BCUT2D eigenvalue weighted by molar-refractivity contribution is 0.0985. The molecule has 0 saturated heterocycles. The van der Waals surface area contributed by atoms with Crippen LogP contribution in [0.3, 0.4) is 0 Å². The Morgan fingerprint density at radius 1 is 1.25 bits per heavy atom. The first-order valence-electron chi connectivity index (χ1n) is 6.40. The second-order valence-corrected chi connectivity index (χ2v) is 4.29. The molecule has 2 N–H and O–H groups in total. The van der Waals surface area contributed by atoms with Gasteiger partial charge in [0.25, 0.3) is 5.91 Å². The quantitative estimate of drug-likeness (QED) is 0.908. The molecular weight excluding hydrogens is 257 g/mol. The number of para-hydroxylation sites is 1. The van der Waals surface area contributed by atoms with Crippen LogP contribution >= 0.6 is 0 Å². The molecule has 0 atom stereocenters. The minimum Gasteiger partial charge on any atom is -0.330 e. The number of amides is 1. The first kappa shape index (κ1) is 14.1. The van der Waals surface area contributed by atoms with Crippen molar-refractivity contribution < 1.29 is 9.18 Å². The number of rotatable bonds is 5. The van der Waals surface area contributed by atoms with Crippen LogP contribution in [0, 0.1) is 5.82 Å². The lowest BCUT2D eigenvalue weighted by atomic mass is 10.2. The molecule has 104 valence electrons. The zero-order valence-corrected chi connectivity index (χ0v) is 11.0. The number of aromatic nitrogens is 1. The molecule has 0 unspecified atom stereocenters. The van der Waals surface area contributed by atoms with Crippen molar-refractivity contribution in [1.29, 1.82) is 0 Å². The minimum absolute atomic E-state index is 0.259. The highest BCUT2D eigenvalue weighted by atomic mass is 19.1. The van der Waals surface area contributed by atoms with Gasteiger partial charge in [-0.15, -0.1) is 0 Å². The number of hydrogen-bond donors (Lipinski definition) is 1. The second kappa shape index (κ2) is 6.77. The number of anilines is 1. The van der Waals surface area contributed by atoms with Crippen LogP contribution < -0.4 is 10.6 Å². The number of pyridine rings is 1. The fraction of sp³-hybridized carbons (Fsp3) is 0.200. The number of hydrogen-bond acceptors (Lipinski definition) is 3. The predicted octanol–water partition coefficient (Wildman–Crippen LogP) is 2.22. The van der Waals surface area contributed by atoms with Crippen LogP contribution in [0.4, 0.5) is 10.1 Å². The number of carbonyl (C=O) groups excluding carboxylic acids is 1. The Labute approximate surface area is 117 Å². The van der Waals surface area contributed by atoms with Gasteiger partial charge in [-0.2, -0.15) is 0 Å². The molecule has 0 radical (unpaired) electrons. The highest BCUT2D eigenvalue weighted by Gasteiger charge is 2.19. The van der Waals surface area contributed by atoms with E-state index in [9.17, 15) is 9.18 Å². The molecule has 1 aromatic heterocycles. The maximum absolute atomic E-state index is 13.9. The van der Waals surface area contributed by atoms with Crippen molar-refractivity contribution in [2.45, 2.75) is 6.42 Å². The number of benzene rings is 1. The van der Waals surface area contributed by atoms with Crippen LogP contribution in [0.1, 0.15) is 16.8 Å². The summed E-state index contributed by atoms with van der Waals surface area (Å²) >= 11 is 0. The van der Waals surface area contributed by atoms with Gasteiger partial charge in [-0.25, -0.2) is 4.39 Å². The van der Waals surface area contributed by atoms with E-state index in [2.05, 4.69) is 4.98 Å². The number of halogens is 1. The highest BCUT2D eigenvalue weighted by molar-refractivity contribution is 6.05. The van der Waals surface area contributed by atoms with Crippen LogP contribution in [0.2, 0.25) is 0 Å². The van der Waals surface area contributed by atoms with E-state index in [1.165, 1.54) is 17.2 Å². The smallest absolute Gasteiger partial charge is 0.259 e. The molecular formula is C15H16FN3O. The van der Waals surface area contributed by atoms with Crippen molar-refractivity contribution in [2.75, 3.05) is 18.0 Å². The van der Waals surface area contributed by atoms with Gasteiger partial charge in [-0.1, -0.05) is 12.1 Å². The molecule has 0 fully saturated rings. The minimum atomic E-state index is -0.429. The third-order valence-corrected chi connectivity index (χ3v) is 2.88. The van der Waals surface area contributed by atoms with Gasteiger partial charge in [0.2, 0.25) is 0 Å². The fourth-order valence-electron chi connectivity index (χ4n) is 1.90. The second-order valence-electron chi connectivity index (χ2n) is 4.29. The molecule has 1 amide bonds. The SMILES string of the molecule is NCCCN(C(=O)c1cccnc1)c1ccccc1F. The summed E-state index contributed by atoms with van der Waals surface area (Å²) in [7, 11) is 0. The molecule has 0 aliphatic heterocycles. The third-order valence-electron chi connectivity index (χ3n) is 2.88. The van der Waals surface area contributed by atoms with E-state index in [1.807, 2.05) is 0 Å². The summed E-state index contributed by atoms with van der Waals surface area (Å²) < 4.78 is 13.9. The fourth-order valence-corrected chi connectivity index (χ4v) is 1.90. The van der Waals surface area contributed by atoms with Gasteiger partial charge in [0.1, 0.15) is 5.82 Å². The lowest BCUT2D eigenvalue weighted by Crippen LogP contribution is -2.33. The van der Waals surface area contributed by atoms with Crippen LogP contribution in [0.15, 0.2) is 48.8 Å². The van der Waals surface area contributed by atoms with Gasteiger partial charge >= 0.3 is 0 Å². The van der Waals surface area contributed by atoms with Crippen molar-refractivity contribution in [3.8, 4) is 0 Å². The summed E-state index contributed by atoms with van der Waals surface area (Å²) in [6.45, 7) is 0.802. The summed E-state index contributed by atoms with van der Waals surface area (Å²) in [6, 6.07) is 9.54. The Morgan fingerprint density at radius 3 is 2.70 bits per heavy atom. The van der Waals surface area contributed by atoms with E-state index in [0.29, 0.717) is 25.1 Å². The summed E-state index contributed by atoms with van der Waals surface area (Å²) in [5.41, 5.74) is 6.17. The van der Waals surface area contributed by atoms with Crippen molar-refractivity contribution in [1.82, 2.24) is 4.98 Å². The Morgan fingerprint density at radius 2 is 2.05 bits per heavy atom. The number of nitrogens with zero attached hydrogens (tertiary/aromatic N) is 2. The molecule has 1 aromatic carbocycles. The maximum atomic E-state index is 13.9. The Balaban J connectivity index is 2.33. The molecule has 2 rings (SSSR count). The Hall–Kier alpha value is -2.27. The molecule has 5 heteroatoms. The van der Waals surface area contributed by atoms with Crippen LogP contribution in [-0.2, 0) is 0 Å². The monoisotopic (exact) mass is 273 g/mol.